The number of likely N-dealkylation sites (N-methyl/N-ethyl adjacent to an activating group) is 1. The van der Waals surface area contributed by atoms with Crippen molar-refractivity contribution in [3.05, 3.63) is 24.3 Å². The Morgan fingerprint density at radius 3 is 2.89 bits per heavy atom. The summed E-state index contributed by atoms with van der Waals surface area (Å²) in [6.07, 6.45) is 0.313. The molecule has 0 aliphatic carbocycles. The zero-order valence-electron chi connectivity index (χ0n) is 10.8. The lowest BCUT2D eigenvalue weighted by Crippen LogP contribution is -2.19. The van der Waals surface area contributed by atoms with E-state index in [2.05, 4.69) is 5.32 Å². The van der Waals surface area contributed by atoms with Gasteiger partial charge < -0.3 is 15.0 Å². The molecule has 100 valence electrons. The Morgan fingerprint density at radius 2 is 2.22 bits per heavy atom. The first-order valence-corrected chi connectivity index (χ1v) is 6.38. The molecule has 1 rings (SSSR count). The lowest BCUT2D eigenvalue weighted by molar-refractivity contribution is -0.115. The fourth-order valence-corrected chi connectivity index (χ4v) is 1.49. The van der Waals surface area contributed by atoms with Crippen LogP contribution in [0.15, 0.2) is 24.3 Å². The third kappa shape index (κ3) is 5.89. The van der Waals surface area contributed by atoms with Crippen molar-refractivity contribution in [2.75, 3.05) is 38.4 Å². The second-order valence-corrected chi connectivity index (χ2v) is 4.54. The molecule has 5 heteroatoms. The molecule has 18 heavy (non-hydrogen) atoms. The molecule has 0 bridgehead atoms. The summed E-state index contributed by atoms with van der Waals surface area (Å²) in [5.41, 5.74) is 0.729. The Balaban J connectivity index is 2.48. The number of halogens is 1. The van der Waals surface area contributed by atoms with Crippen LogP contribution in [0.3, 0.4) is 0 Å². The van der Waals surface area contributed by atoms with E-state index in [1.807, 2.05) is 43.3 Å². The molecule has 0 atom stereocenters. The molecule has 1 aromatic carbocycles. The van der Waals surface area contributed by atoms with Crippen molar-refractivity contribution >= 4 is 23.2 Å². The number of carbonyl (C=O) groups excluding carboxylic acids is 1. The van der Waals surface area contributed by atoms with Gasteiger partial charge in [-0.2, -0.15) is 0 Å². The third-order valence-electron chi connectivity index (χ3n) is 2.25. The summed E-state index contributed by atoms with van der Waals surface area (Å²) < 4.78 is 5.58. The number of nitrogens with zero attached hydrogens (tertiary/aromatic N) is 1. The fraction of sp³-hybridized carbons (Fsp3) is 0.462. The Kier molecular flexibility index (Phi) is 6.54. The van der Waals surface area contributed by atoms with Crippen molar-refractivity contribution in [3.63, 3.8) is 0 Å². The second-order valence-electron chi connectivity index (χ2n) is 4.17. The van der Waals surface area contributed by atoms with Gasteiger partial charge in [-0.1, -0.05) is 6.07 Å². The number of nitrogens with one attached hydrogen (secondary N) is 1. The number of hydrogen-bond acceptors (Lipinski definition) is 3. The Labute approximate surface area is 113 Å². The molecule has 0 fully saturated rings. The van der Waals surface area contributed by atoms with Crippen molar-refractivity contribution in [1.82, 2.24) is 4.90 Å². The van der Waals surface area contributed by atoms with Gasteiger partial charge >= 0.3 is 0 Å². The van der Waals surface area contributed by atoms with E-state index >= 15 is 0 Å². The minimum atomic E-state index is -0.0876. The highest BCUT2D eigenvalue weighted by Crippen LogP contribution is 2.17. The van der Waals surface area contributed by atoms with Gasteiger partial charge in [0.15, 0.2) is 0 Å². The number of carbonyl (C=O) groups is 1. The van der Waals surface area contributed by atoms with Crippen LogP contribution in [-0.4, -0.2) is 43.9 Å². The predicted molar refractivity (Wildman–Crippen MR) is 74.5 cm³/mol. The zero-order chi connectivity index (χ0) is 13.4. The van der Waals surface area contributed by atoms with Crippen LogP contribution in [0.1, 0.15) is 6.42 Å². The number of ether oxygens (including phenoxy) is 1. The van der Waals surface area contributed by atoms with E-state index in [1.165, 1.54) is 0 Å². The van der Waals surface area contributed by atoms with Crippen LogP contribution in [0.5, 0.6) is 5.75 Å². The average Bonchev–Trinajstić information content (AvgIpc) is 2.29. The fourth-order valence-electron chi connectivity index (χ4n) is 1.32. The smallest absolute Gasteiger partial charge is 0.225 e. The van der Waals surface area contributed by atoms with Gasteiger partial charge in [-0.3, -0.25) is 4.79 Å². The average molecular weight is 271 g/mol. The zero-order valence-corrected chi connectivity index (χ0v) is 11.5. The summed E-state index contributed by atoms with van der Waals surface area (Å²) in [6, 6.07) is 7.35. The van der Waals surface area contributed by atoms with Gasteiger partial charge in [-0.15, -0.1) is 11.6 Å². The van der Waals surface area contributed by atoms with Crippen LogP contribution < -0.4 is 10.1 Å². The van der Waals surface area contributed by atoms with Crippen LogP contribution in [0.2, 0.25) is 0 Å². The van der Waals surface area contributed by atoms with Crippen molar-refractivity contribution in [2.24, 2.45) is 0 Å². The van der Waals surface area contributed by atoms with Crippen molar-refractivity contribution in [2.45, 2.75) is 6.42 Å². The van der Waals surface area contributed by atoms with Gasteiger partial charge in [0.2, 0.25) is 5.91 Å². The largest absolute Gasteiger partial charge is 0.492 e. The summed E-state index contributed by atoms with van der Waals surface area (Å²) in [5, 5.41) is 2.77. The van der Waals surface area contributed by atoms with Gasteiger partial charge in [0.1, 0.15) is 12.4 Å². The molecule has 0 aliphatic heterocycles. The van der Waals surface area contributed by atoms with Gasteiger partial charge in [-0.25, -0.2) is 0 Å². The van der Waals surface area contributed by atoms with Crippen LogP contribution in [0.25, 0.3) is 0 Å². The first kappa shape index (κ1) is 14.8. The van der Waals surface area contributed by atoms with E-state index in [4.69, 9.17) is 16.3 Å². The van der Waals surface area contributed by atoms with Crippen LogP contribution >= 0.6 is 11.6 Å². The summed E-state index contributed by atoms with van der Waals surface area (Å²) in [4.78, 5) is 13.4. The van der Waals surface area contributed by atoms with Crippen molar-refractivity contribution < 1.29 is 9.53 Å². The van der Waals surface area contributed by atoms with E-state index < -0.39 is 0 Å². The Hall–Kier alpha value is -1.26. The SMILES string of the molecule is CN(C)CCOc1cccc(NC(=O)CCCl)c1. The lowest BCUT2D eigenvalue weighted by atomic mass is 10.3. The first-order chi connectivity index (χ1) is 8.61. The van der Waals surface area contributed by atoms with Gasteiger partial charge in [0.25, 0.3) is 0 Å². The molecule has 4 nitrogen and oxygen atoms in total. The molecule has 0 saturated carbocycles. The molecule has 0 aromatic heterocycles. The standard InChI is InChI=1S/C13H19ClN2O2/c1-16(2)8-9-18-12-5-3-4-11(10-12)15-13(17)6-7-14/h3-5,10H,6-9H2,1-2H3,(H,15,17). The van der Waals surface area contributed by atoms with E-state index in [9.17, 15) is 4.79 Å². The van der Waals surface area contributed by atoms with Crippen LogP contribution in [-0.2, 0) is 4.79 Å². The minimum absolute atomic E-state index is 0.0876. The van der Waals surface area contributed by atoms with Crippen molar-refractivity contribution in [3.8, 4) is 5.75 Å². The number of benzene rings is 1. The highest BCUT2D eigenvalue weighted by molar-refractivity contribution is 6.19. The summed E-state index contributed by atoms with van der Waals surface area (Å²) in [7, 11) is 3.98. The molecule has 0 saturated heterocycles. The van der Waals surface area contributed by atoms with Gasteiger partial charge in [0.05, 0.1) is 0 Å². The molecule has 0 radical (unpaired) electrons. The lowest BCUT2D eigenvalue weighted by Gasteiger charge is -2.12. The number of hydrogen-bond donors (Lipinski definition) is 1. The maximum atomic E-state index is 11.4. The number of anilines is 1. The second kappa shape index (κ2) is 7.95. The molecule has 0 heterocycles. The van der Waals surface area contributed by atoms with E-state index in [0.717, 1.165) is 18.0 Å². The highest BCUT2D eigenvalue weighted by Gasteiger charge is 2.02. The van der Waals surface area contributed by atoms with E-state index in [1.54, 1.807) is 0 Å². The molecular weight excluding hydrogens is 252 g/mol. The quantitative estimate of drug-likeness (QED) is 0.773. The molecule has 0 unspecified atom stereocenters. The highest BCUT2D eigenvalue weighted by atomic mass is 35.5. The molecule has 0 spiro atoms. The summed E-state index contributed by atoms with van der Waals surface area (Å²) >= 11 is 5.50. The third-order valence-corrected chi connectivity index (χ3v) is 2.44. The monoisotopic (exact) mass is 270 g/mol. The minimum Gasteiger partial charge on any atom is -0.492 e. The number of rotatable bonds is 7. The van der Waals surface area contributed by atoms with E-state index in [0.29, 0.717) is 18.9 Å². The number of amides is 1. The maximum absolute atomic E-state index is 11.4. The topological polar surface area (TPSA) is 41.6 Å². The maximum Gasteiger partial charge on any atom is 0.225 e. The predicted octanol–water partition coefficient (Wildman–Crippen LogP) is 2.19. The Bertz CT molecular complexity index is 383. The van der Waals surface area contributed by atoms with E-state index in [-0.39, 0.29) is 5.91 Å². The van der Waals surface area contributed by atoms with Crippen molar-refractivity contribution in [1.29, 1.82) is 0 Å². The summed E-state index contributed by atoms with van der Waals surface area (Å²) in [6.45, 7) is 1.47. The molecule has 1 aromatic rings. The van der Waals surface area contributed by atoms with Crippen LogP contribution in [0, 0.1) is 0 Å². The summed E-state index contributed by atoms with van der Waals surface area (Å²) in [5.74, 6) is 0.987. The number of alkyl halides is 1. The molecule has 0 aliphatic rings. The first-order valence-electron chi connectivity index (χ1n) is 5.85. The molecule has 1 amide bonds. The van der Waals surface area contributed by atoms with Gasteiger partial charge in [0, 0.05) is 30.6 Å². The Morgan fingerprint density at radius 1 is 1.44 bits per heavy atom. The molecular formula is C13H19ClN2O2. The van der Waals surface area contributed by atoms with Gasteiger partial charge in [-0.05, 0) is 26.2 Å². The van der Waals surface area contributed by atoms with Crippen LogP contribution in [0.4, 0.5) is 5.69 Å². The molecule has 1 N–H and O–H groups in total. The normalized spacial score (nSPS) is 10.4.